The number of morpholine rings is 1. The molecule has 2 rings (SSSR count). The number of rotatable bonds is 5. The number of nitrogens with two attached hydrogens (primary N) is 1. The van der Waals surface area contributed by atoms with E-state index in [1.54, 1.807) is 12.3 Å². The Bertz CT molecular complexity index is 402. The number of nitrogens with zero attached hydrogens (tertiary/aromatic N) is 2. The maximum atomic E-state index is 13.8. The number of hydrogen-bond donors (Lipinski definition) is 2. The van der Waals surface area contributed by atoms with Gasteiger partial charge in [0.15, 0.2) is 0 Å². The molecule has 1 fully saturated rings. The highest BCUT2D eigenvalue weighted by Crippen LogP contribution is 2.23. The lowest BCUT2D eigenvalue weighted by molar-refractivity contribution is -0.0476. The highest BCUT2D eigenvalue weighted by Gasteiger charge is 2.29. The van der Waals surface area contributed by atoms with Crippen molar-refractivity contribution in [3.8, 4) is 0 Å². The standard InChI is InChI=1S/C13H21FN4O/c1-2-5-18-6-7-19-12(9-18)13(17-15)10-3-4-16-8-11(10)14/h3-4,8,12-13,17H,2,5-7,9,15H2,1H3. The number of aromatic nitrogens is 1. The van der Waals surface area contributed by atoms with Crippen LogP contribution in [0.3, 0.4) is 0 Å². The van der Waals surface area contributed by atoms with E-state index in [2.05, 4.69) is 22.2 Å². The summed E-state index contributed by atoms with van der Waals surface area (Å²) in [5.74, 6) is 5.23. The summed E-state index contributed by atoms with van der Waals surface area (Å²) >= 11 is 0. The van der Waals surface area contributed by atoms with Gasteiger partial charge in [0.05, 0.1) is 24.9 Å². The SMILES string of the molecule is CCCN1CCOC(C(NN)c2ccncc2F)C1. The van der Waals surface area contributed by atoms with Gasteiger partial charge < -0.3 is 4.74 Å². The molecule has 5 nitrogen and oxygen atoms in total. The van der Waals surface area contributed by atoms with Gasteiger partial charge in [-0.15, -0.1) is 0 Å². The quantitative estimate of drug-likeness (QED) is 0.612. The highest BCUT2D eigenvalue weighted by molar-refractivity contribution is 5.19. The molecule has 6 heteroatoms. The van der Waals surface area contributed by atoms with Gasteiger partial charge in [0.25, 0.3) is 0 Å². The van der Waals surface area contributed by atoms with E-state index < -0.39 is 0 Å². The second-order valence-corrected chi connectivity index (χ2v) is 4.75. The lowest BCUT2D eigenvalue weighted by atomic mass is 10.0. The molecule has 0 spiro atoms. The molecule has 0 saturated carbocycles. The maximum absolute atomic E-state index is 13.8. The molecule has 2 heterocycles. The van der Waals surface area contributed by atoms with Crippen LogP contribution in [0.15, 0.2) is 18.5 Å². The summed E-state index contributed by atoms with van der Waals surface area (Å²) < 4.78 is 19.5. The number of hydrogen-bond acceptors (Lipinski definition) is 5. The van der Waals surface area contributed by atoms with Crippen molar-refractivity contribution in [1.82, 2.24) is 15.3 Å². The van der Waals surface area contributed by atoms with Crippen molar-refractivity contribution < 1.29 is 9.13 Å². The molecule has 2 unspecified atom stereocenters. The molecule has 0 radical (unpaired) electrons. The third-order valence-electron chi connectivity index (χ3n) is 3.41. The molecule has 2 atom stereocenters. The van der Waals surface area contributed by atoms with Crippen molar-refractivity contribution in [3.63, 3.8) is 0 Å². The highest BCUT2D eigenvalue weighted by atomic mass is 19.1. The van der Waals surface area contributed by atoms with Gasteiger partial charge in [0, 0.05) is 24.8 Å². The second-order valence-electron chi connectivity index (χ2n) is 4.75. The van der Waals surface area contributed by atoms with E-state index in [1.807, 2.05) is 0 Å². The molecule has 1 aliphatic rings. The van der Waals surface area contributed by atoms with E-state index >= 15 is 0 Å². The van der Waals surface area contributed by atoms with E-state index in [-0.39, 0.29) is 18.0 Å². The first-order valence-corrected chi connectivity index (χ1v) is 6.65. The second kappa shape index (κ2) is 6.91. The first kappa shape index (κ1) is 14.3. The molecule has 1 aliphatic heterocycles. The summed E-state index contributed by atoms with van der Waals surface area (Å²) in [6.45, 7) is 5.49. The zero-order valence-corrected chi connectivity index (χ0v) is 11.2. The van der Waals surface area contributed by atoms with Crippen LogP contribution in [0.5, 0.6) is 0 Å². The van der Waals surface area contributed by atoms with Gasteiger partial charge in [0.1, 0.15) is 5.82 Å². The molecule has 3 N–H and O–H groups in total. The first-order valence-electron chi connectivity index (χ1n) is 6.65. The summed E-state index contributed by atoms with van der Waals surface area (Å²) in [6, 6.07) is 1.28. The minimum absolute atomic E-state index is 0.151. The number of pyridine rings is 1. The third kappa shape index (κ3) is 3.48. The van der Waals surface area contributed by atoms with Gasteiger partial charge in [-0.1, -0.05) is 6.92 Å². The normalized spacial score (nSPS) is 22.4. The monoisotopic (exact) mass is 268 g/mol. The topological polar surface area (TPSA) is 63.4 Å². The molecule has 0 aliphatic carbocycles. The fourth-order valence-electron chi connectivity index (χ4n) is 2.49. The molecular weight excluding hydrogens is 247 g/mol. The van der Waals surface area contributed by atoms with Gasteiger partial charge in [0.2, 0.25) is 0 Å². The van der Waals surface area contributed by atoms with Crippen molar-refractivity contribution in [3.05, 3.63) is 29.8 Å². The van der Waals surface area contributed by atoms with Gasteiger partial charge in [-0.05, 0) is 19.0 Å². The van der Waals surface area contributed by atoms with Crippen LogP contribution in [0, 0.1) is 5.82 Å². The number of ether oxygens (including phenoxy) is 1. The Morgan fingerprint density at radius 2 is 2.53 bits per heavy atom. The van der Waals surface area contributed by atoms with E-state index in [9.17, 15) is 4.39 Å². The number of hydrazine groups is 1. The first-order chi connectivity index (χ1) is 9.26. The predicted octanol–water partition coefficient (Wildman–Crippen LogP) is 0.836. The zero-order valence-electron chi connectivity index (χ0n) is 11.2. The van der Waals surface area contributed by atoms with E-state index in [1.165, 1.54) is 6.20 Å². The minimum Gasteiger partial charge on any atom is -0.374 e. The molecule has 0 aromatic carbocycles. The summed E-state index contributed by atoms with van der Waals surface area (Å²) in [4.78, 5) is 6.07. The fraction of sp³-hybridized carbons (Fsp3) is 0.615. The van der Waals surface area contributed by atoms with Crippen LogP contribution in [-0.2, 0) is 4.74 Å². The number of nitrogens with one attached hydrogen (secondary N) is 1. The van der Waals surface area contributed by atoms with Crippen molar-refractivity contribution in [2.24, 2.45) is 5.84 Å². The Morgan fingerprint density at radius 3 is 3.21 bits per heavy atom. The summed E-state index contributed by atoms with van der Waals surface area (Å²) in [6.07, 6.45) is 3.71. The summed E-state index contributed by atoms with van der Waals surface area (Å²) in [5, 5.41) is 0. The molecular formula is C13H21FN4O. The van der Waals surface area contributed by atoms with E-state index in [4.69, 9.17) is 10.6 Å². The van der Waals surface area contributed by atoms with Crippen molar-refractivity contribution >= 4 is 0 Å². The Kier molecular flexibility index (Phi) is 5.21. The number of halogens is 1. The maximum Gasteiger partial charge on any atom is 0.146 e. The Hall–Kier alpha value is -1.08. The zero-order chi connectivity index (χ0) is 13.7. The van der Waals surface area contributed by atoms with Crippen LogP contribution >= 0.6 is 0 Å². The van der Waals surface area contributed by atoms with E-state index in [0.717, 1.165) is 26.1 Å². The lowest BCUT2D eigenvalue weighted by Gasteiger charge is -2.36. The van der Waals surface area contributed by atoms with Crippen LogP contribution in [0.2, 0.25) is 0 Å². The molecule has 0 amide bonds. The van der Waals surface area contributed by atoms with Crippen LogP contribution in [0.25, 0.3) is 0 Å². The van der Waals surface area contributed by atoms with Crippen LogP contribution in [-0.4, -0.2) is 42.2 Å². The van der Waals surface area contributed by atoms with E-state index in [0.29, 0.717) is 12.2 Å². The van der Waals surface area contributed by atoms with Gasteiger partial charge in [-0.25, -0.2) is 4.39 Å². The smallest absolute Gasteiger partial charge is 0.146 e. The lowest BCUT2D eigenvalue weighted by Crippen LogP contribution is -2.49. The molecule has 0 bridgehead atoms. The fourth-order valence-corrected chi connectivity index (χ4v) is 2.49. The summed E-state index contributed by atoms with van der Waals surface area (Å²) in [5.41, 5.74) is 3.17. The minimum atomic E-state index is -0.360. The van der Waals surface area contributed by atoms with Gasteiger partial charge in [-0.3, -0.25) is 21.2 Å². The Labute approximate surface area is 112 Å². The van der Waals surface area contributed by atoms with Gasteiger partial charge >= 0.3 is 0 Å². The Balaban J connectivity index is 2.11. The molecule has 1 aromatic heterocycles. The Morgan fingerprint density at radius 1 is 1.68 bits per heavy atom. The summed E-state index contributed by atoms with van der Waals surface area (Å²) in [7, 11) is 0. The third-order valence-corrected chi connectivity index (χ3v) is 3.41. The predicted molar refractivity (Wildman–Crippen MR) is 70.7 cm³/mol. The molecule has 19 heavy (non-hydrogen) atoms. The van der Waals surface area contributed by atoms with Crippen molar-refractivity contribution in [2.75, 3.05) is 26.2 Å². The van der Waals surface area contributed by atoms with Gasteiger partial charge in [-0.2, -0.15) is 0 Å². The molecule has 106 valence electrons. The van der Waals surface area contributed by atoms with Crippen LogP contribution in [0.1, 0.15) is 24.9 Å². The average Bonchev–Trinajstić information content (AvgIpc) is 2.43. The average molecular weight is 268 g/mol. The van der Waals surface area contributed by atoms with Crippen LogP contribution in [0.4, 0.5) is 4.39 Å². The largest absolute Gasteiger partial charge is 0.374 e. The molecule has 1 aromatic rings. The van der Waals surface area contributed by atoms with Crippen molar-refractivity contribution in [1.29, 1.82) is 0 Å². The van der Waals surface area contributed by atoms with Crippen LogP contribution < -0.4 is 11.3 Å². The molecule has 1 saturated heterocycles. The van der Waals surface area contributed by atoms with Crippen molar-refractivity contribution in [2.45, 2.75) is 25.5 Å².